The molecule has 1 saturated heterocycles. The van der Waals surface area contributed by atoms with Crippen LogP contribution in [0, 0.1) is 11.8 Å². The summed E-state index contributed by atoms with van der Waals surface area (Å²) in [6.07, 6.45) is 10.3. The number of ketones is 1. The summed E-state index contributed by atoms with van der Waals surface area (Å²) >= 11 is 0. The van der Waals surface area contributed by atoms with E-state index >= 15 is 0 Å². The van der Waals surface area contributed by atoms with Crippen LogP contribution in [0.5, 0.6) is 0 Å². The van der Waals surface area contributed by atoms with E-state index in [1.54, 1.807) is 6.08 Å². The molecular weight excluding hydrogens is 363 g/mol. The van der Waals surface area contributed by atoms with Crippen LogP contribution in [-0.2, 0) is 9.53 Å². The Morgan fingerprint density at radius 3 is 2.68 bits per heavy atom. The van der Waals surface area contributed by atoms with Gasteiger partial charge in [0.1, 0.15) is 13.3 Å². The number of hydrogen-bond acceptors (Lipinski definition) is 5. The van der Waals surface area contributed by atoms with Gasteiger partial charge in [-0.1, -0.05) is 32.3 Å². The molecule has 0 aromatic carbocycles. The highest BCUT2D eigenvalue weighted by molar-refractivity contribution is 5.90. The molecule has 0 aromatic heterocycles. The first kappa shape index (κ1) is 23.5. The van der Waals surface area contributed by atoms with Crippen LogP contribution in [-0.4, -0.2) is 58.3 Å². The number of hydrogen-bond donors (Lipinski definition) is 3. The molecule has 0 radical (unpaired) electrons. The van der Waals surface area contributed by atoms with Gasteiger partial charge in [-0.25, -0.2) is 4.39 Å². The van der Waals surface area contributed by atoms with Crippen molar-refractivity contribution in [3.8, 4) is 0 Å². The van der Waals surface area contributed by atoms with E-state index in [1.807, 2.05) is 6.92 Å². The maximum absolute atomic E-state index is 13.3. The Labute approximate surface area is 168 Å². The van der Waals surface area contributed by atoms with Crippen molar-refractivity contribution >= 4 is 5.78 Å². The molecule has 6 atom stereocenters. The normalized spacial score (nSPS) is 32.0. The Morgan fingerprint density at radius 2 is 2.00 bits per heavy atom. The lowest BCUT2D eigenvalue weighted by Crippen LogP contribution is -2.32. The zero-order valence-corrected chi connectivity index (χ0v) is 17.1. The van der Waals surface area contributed by atoms with E-state index in [9.17, 15) is 19.4 Å². The third-order valence-corrected chi connectivity index (χ3v) is 6.44. The smallest absolute Gasteiger partial charge is 0.180 e. The van der Waals surface area contributed by atoms with Gasteiger partial charge in [0.2, 0.25) is 0 Å². The summed E-state index contributed by atoms with van der Waals surface area (Å²) in [7, 11) is 0. The number of alkyl halides is 1. The Balaban J connectivity index is 1.77. The number of carbonyl (C=O) groups excluding carboxylic acids is 1. The molecule has 3 N–H and O–H groups in total. The Kier molecular flexibility index (Phi) is 9.54. The summed E-state index contributed by atoms with van der Waals surface area (Å²) in [5, 5.41) is 29.5. The molecule has 0 spiro atoms. The second-order valence-electron chi connectivity index (χ2n) is 8.62. The zero-order valence-electron chi connectivity index (χ0n) is 17.1. The summed E-state index contributed by atoms with van der Waals surface area (Å²) < 4.78 is 19.4. The summed E-state index contributed by atoms with van der Waals surface area (Å²) in [6, 6.07) is 0. The molecule has 162 valence electrons. The van der Waals surface area contributed by atoms with Gasteiger partial charge < -0.3 is 20.1 Å². The monoisotopic (exact) mass is 400 g/mol. The first-order valence-electron chi connectivity index (χ1n) is 10.8. The summed E-state index contributed by atoms with van der Waals surface area (Å²) in [5.74, 6) is 0.174. The van der Waals surface area contributed by atoms with E-state index in [-0.39, 0.29) is 30.0 Å². The van der Waals surface area contributed by atoms with Gasteiger partial charge in [-0.2, -0.15) is 0 Å². The molecule has 0 amide bonds. The first-order valence-corrected chi connectivity index (χ1v) is 10.8. The third kappa shape index (κ3) is 6.61. The fraction of sp³-hybridized carbons (Fsp3) is 0.864. The maximum atomic E-state index is 13.3. The van der Waals surface area contributed by atoms with Crippen LogP contribution in [0.1, 0.15) is 71.1 Å². The van der Waals surface area contributed by atoms with Crippen molar-refractivity contribution in [1.29, 1.82) is 0 Å². The number of aliphatic hydroxyl groups excluding tert-OH is 2. The Bertz CT molecular complexity index is 511. The van der Waals surface area contributed by atoms with Gasteiger partial charge >= 0.3 is 0 Å². The van der Waals surface area contributed by atoms with Crippen molar-refractivity contribution in [1.82, 2.24) is 0 Å². The Morgan fingerprint density at radius 1 is 1.25 bits per heavy atom. The molecule has 6 heteroatoms. The number of allylic oxidation sites excluding steroid dienone is 1. The molecule has 2 fully saturated rings. The molecule has 28 heavy (non-hydrogen) atoms. The molecule has 1 heterocycles. The second-order valence-corrected chi connectivity index (χ2v) is 8.62. The van der Waals surface area contributed by atoms with Crippen LogP contribution in [0.15, 0.2) is 12.2 Å². The number of fused-ring (bicyclic) bond motifs is 1. The van der Waals surface area contributed by atoms with Crippen LogP contribution in [0.4, 0.5) is 4.39 Å². The fourth-order valence-electron chi connectivity index (χ4n) is 4.81. The molecular formula is C22H37FO5. The quantitative estimate of drug-likeness (QED) is 0.414. The number of halogens is 1. The van der Waals surface area contributed by atoms with E-state index in [2.05, 4.69) is 0 Å². The minimum atomic E-state index is -1.22. The first-order chi connectivity index (χ1) is 13.4. The Hall–Kier alpha value is -0.820. The molecule has 5 nitrogen and oxygen atoms in total. The van der Waals surface area contributed by atoms with Crippen molar-refractivity contribution in [3.05, 3.63) is 12.2 Å². The van der Waals surface area contributed by atoms with Crippen molar-refractivity contribution in [2.45, 2.75) is 95.0 Å². The SMILES string of the molecule is CCCCC(O)(CF)CCC[C@@H]1[C@H]2CC(CCC=CC(=O)CO)O[C@H]2C[C@H]1O. The number of rotatable bonds is 13. The van der Waals surface area contributed by atoms with E-state index in [0.29, 0.717) is 31.6 Å². The predicted octanol–water partition coefficient (Wildman–Crippen LogP) is 3.10. The average Bonchev–Trinajstić information content (AvgIpc) is 3.20. The van der Waals surface area contributed by atoms with E-state index in [0.717, 1.165) is 38.5 Å². The summed E-state index contributed by atoms with van der Waals surface area (Å²) in [5.41, 5.74) is -1.22. The maximum Gasteiger partial charge on any atom is 0.180 e. The summed E-state index contributed by atoms with van der Waals surface area (Å²) in [4.78, 5) is 11.1. The average molecular weight is 401 g/mol. The molecule has 1 saturated carbocycles. The minimum Gasteiger partial charge on any atom is -0.393 e. The lowest BCUT2D eigenvalue weighted by atomic mass is 9.84. The molecule has 0 aromatic rings. The van der Waals surface area contributed by atoms with Crippen molar-refractivity contribution in [3.63, 3.8) is 0 Å². The molecule has 2 aliphatic rings. The van der Waals surface area contributed by atoms with Gasteiger partial charge in [-0.15, -0.1) is 0 Å². The van der Waals surface area contributed by atoms with Gasteiger partial charge in [0.05, 0.1) is 23.9 Å². The van der Waals surface area contributed by atoms with E-state index in [1.165, 1.54) is 6.08 Å². The minimum absolute atomic E-state index is 0.0770. The highest BCUT2D eigenvalue weighted by Crippen LogP contribution is 2.46. The number of carbonyl (C=O) groups is 1. The zero-order chi connectivity index (χ0) is 20.6. The van der Waals surface area contributed by atoms with Crippen LogP contribution in [0.2, 0.25) is 0 Å². The molecule has 1 aliphatic heterocycles. The number of ether oxygens (including phenoxy) is 1. The van der Waals surface area contributed by atoms with Crippen LogP contribution >= 0.6 is 0 Å². The molecule has 2 rings (SSSR count). The lowest BCUT2D eigenvalue weighted by Gasteiger charge is -2.27. The van der Waals surface area contributed by atoms with Gasteiger partial charge in [0, 0.05) is 6.42 Å². The molecule has 2 unspecified atom stereocenters. The highest BCUT2D eigenvalue weighted by Gasteiger charge is 2.48. The van der Waals surface area contributed by atoms with Crippen molar-refractivity contribution in [2.24, 2.45) is 11.8 Å². The second kappa shape index (κ2) is 11.4. The largest absolute Gasteiger partial charge is 0.393 e. The van der Waals surface area contributed by atoms with Gasteiger partial charge in [-0.3, -0.25) is 4.79 Å². The number of unbranched alkanes of at least 4 members (excludes halogenated alkanes) is 1. The van der Waals surface area contributed by atoms with Gasteiger partial charge in [0.15, 0.2) is 5.78 Å². The van der Waals surface area contributed by atoms with Gasteiger partial charge in [-0.05, 0) is 56.4 Å². The van der Waals surface area contributed by atoms with E-state index in [4.69, 9.17) is 9.84 Å². The van der Waals surface area contributed by atoms with E-state index < -0.39 is 18.9 Å². The number of aliphatic hydroxyl groups is 3. The summed E-state index contributed by atoms with van der Waals surface area (Å²) in [6.45, 7) is 0.865. The van der Waals surface area contributed by atoms with Crippen molar-refractivity contribution < 1.29 is 29.2 Å². The van der Waals surface area contributed by atoms with Crippen LogP contribution in [0.3, 0.4) is 0 Å². The van der Waals surface area contributed by atoms with Crippen LogP contribution in [0.25, 0.3) is 0 Å². The molecule has 1 aliphatic carbocycles. The lowest BCUT2D eigenvalue weighted by molar-refractivity contribution is -0.117. The molecule has 0 bridgehead atoms. The van der Waals surface area contributed by atoms with Crippen LogP contribution < -0.4 is 0 Å². The third-order valence-electron chi connectivity index (χ3n) is 6.44. The van der Waals surface area contributed by atoms with Crippen molar-refractivity contribution in [2.75, 3.05) is 13.3 Å². The predicted molar refractivity (Wildman–Crippen MR) is 106 cm³/mol. The topological polar surface area (TPSA) is 87.0 Å². The fourth-order valence-corrected chi connectivity index (χ4v) is 4.81. The van der Waals surface area contributed by atoms with Gasteiger partial charge in [0.25, 0.3) is 0 Å². The highest BCUT2D eigenvalue weighted by atomic mass is 19.1. The standard InChI is InChI=1S/C22H37FO5/c1-2-3-10-22(27,15-23)11-6-9-18-19-12-17(28-21(19)13-20(18)26)8-5-4-7-16(25)14-24/h4,7,17-21,24,26-27H,2-3,5-6,8-15H2,1H3/t17?,18-,19-,20-,21+,22?/m1/s1.